The molecule has 0 saturated heterocycles. The van der Waals surface area contributed by atoms with Crippen LogP contribution < -0.4 is 14.4 Å². The minimum Gasteiger partial charge on any atom is -0.406 e. The van der Waals surface area contributed by atoms with Gasteiger partial charge in [0.25, 0.3) is 0 Å². The Morgan fingerprint density at radius 1 is 1.00 bits per heavy atom. The van der Waals surface area contributed by atoms with Gasteiger partial charge in [0.15, 0.2) is 0 Å². The summed E-state index contributed by atoms with van der Waals surface area (Å²) < 4.78 is 70.0. The van der Waals surface area contributed by atoms with Crippen molar-refractivity contribution in [2.45, 2.75) is 75.7 Å². The van der Waals surface area contributed by atoms with E-state index in [0.29, 0.717) is 12.8 Å². The molecule has 1 saturated carbocycles. The number of aryl methyl sites for hydroxylation is 1. The van der Waals surface area contributed by atoms with E-state index in [-0.39, 0.29) is 17.0 Å². The third kappa shape index (κ3) is 5.95. The highest BCUT2D eigenvalue weighted by atomic mass is 32.2. The Labute approximate surface area is 210 Å². The van der Waals surface area contributed by atoms with Crippen LogP contribution in [-0.4, -0.2) is 26.9 Å². The normalized spacial score (nSPS) is 23.4. The Morgan fingerprint density at radius 3 is 2.39 bits per heavy atom. The van der Waals surface area contributed by atoms with Crippen LogP contribution in [0.2, 0.25) is 0 Å². The van der Waals surface area contributed by atoms with Crippen molar-refractivity contribution in [3.63, 3.8) is 0 Å². The third-order valence-corrected chi connectivity index (χ3v) is 8.36. The number of para-hydroxylation sites is 1. The van der Waals surface area contributed by atoms with Gasteiger partial charge in [-0.25, -0.2) is 13.1 Å². The largest absolute Gasteiger partial charge is 0.573 e. The minimum atomic E-state index is -4.83. The maximum absolute atomic E-state index is 13.0. The summed E-state index contributed by atoms with van der Waals surface area (Å²) in [6.07, 6.45) is 4.46. The topological polar surface area (TPSA) is 58.6 Å². The number of anilines is 1. The van der Waals surface area contributed by atoms with E-state index in [1.165, 1.54) is 11.1 Å². The van der Waals surface area contributed by atoms with E-state index < -0.39 is 22.1 Å². The predicted molar refractivity (Wildman–Crippen MR) is 134 cm³/mol. The van der Waals surface area contributed by atoms with Gasteiger partial charge in [-0.3, -0.25) is 0 Å². The van der Waals surface area contributed by atoms with Crippen LogP contribution in [0.15, 0.2) is 76.8 Å². The van der Waals surface area contributed by atoms with Gasteiger partial charge >= 0.3 is 6.36 Å². The molecule has 0 bridgehead atoms. The van der Waals surface area contributed by atoms with Crippen LogP contribution >= 0.6 is 0 Å². The van der Waals surface area contributed by atoms with Gasteiger partial charge in [0.05, 0.1) is 4.90 Å². The number of fused-ring (bicyclic) bond motifs is 1. The van der Waals surface area contributed by atoms with E-state index in [4.69, 9.17) is 0 Å². The lowest BCUT2D eigenvalue weighted by molar-refractivity contribution is -0.274. The number of sulfonamides is 1. The molecule has 0 aromatic heterocycles. The summed E-state index contributed by atoms with van der Waals surface area (Å²) in [5, 5.41) is 0. The molecule has 0 radical (unpaired) electrons. The first kappa shape index (κ1) is 26.3. The van der Waals surface area contributed by atoms with Crippen molar-refractivity contribution in [1.29, 1.82) is 0 Å². The quantitative estimate of drug-likeness (QED) is 0.491. The number of nitrogens with zero attached hydrogens (tertiary/aromatic N) is 1. The molecule has 0 spiro atoms. The Balaban J connectivity index is 1.55. The fourth-order valence-electron chi connectivity index (χ4n) is 5.26. The summed E-state index contributed by atoms with van der Waals surface area (Å²) in [5.74, 6) is -0.460. The van der Waals surface area contributed by atoms with Gasteiger partial charge in [0.1, 0.15) is 5.75 Å². The highest BCUT2D eigenvalue weighted by molar-refractivity contribution is 7.89. The highest BCUT2D eigenvalue weighted by Crippen LogP contribution is 2.39. The number of ether oxygens (including phenoxy) is 1. The molecule has 1 aliphatic heterocycles. The molecule has 194 valence electrons. The minimum absolute atomic E-state index is 0.0930. The van der Waals surface area contributed by atoms with Crippen LogP contribution in [-0.2, 0) is 16.4 Å². The van der Waals surface area contributed by atoms with Crippen LogP contribution in [0.1, 0.15) is 51.5 Å². The zero-order chi connectivity index (χ0) is 25.9. The maximum atomic E-state index is 13.0. The first-order chi connectivity index (χ1) is 17.1. The van der Waals surface area contributed by atoms with E-state index in [1.54, 1.807) is 0 Å². The zero-order valence-corrected chi connectivity index (χ0v) is 21.2. The van der Waals surface area contributed by atoms with Gasteiger partial charge in [-0.05, 0) is 93.8 Å². The molecule has 2 aliphatic rings. The van der Waals surface area contributed by atoms with Crippen molar-refractivity contribution < 1.29 is 26.3 Å². The Hall–Kier alpha value is -2.78. The van der Waals surface area contributed by atoms with Gasteiger partial charge in [-0.15, -0.1) is 13.2 Å². The predicted octanol–water partition coefficient (Wildman–Crippen LogP) is 6.48. The molecule has 9 heteroatoms. The maximum Gasteiger partial charge on any atom is 0.573 e. The van der Waals surface area contributed by atoms with Gasteiger partial charge in [0, 0.05) is 23.5 Å². The number of allylic oxidation sites excluding steroid dienone is 3. The molecule has 4 rings (SSSR count). The van der Waals surface area contributed by atoms with E-state index in [2.05, 4.69) is 51.6 Å². The van der Waals surface area contributed by atoms with E-state index in [1.807, 2.05) is 13.0 Å². The summed E-state index contributed by atoms with van der Waals surface area (Å²) in [4.78, 5) is 2.28. The number of hydrogen-bond donors (Lipinski definition) is 1. The molecule has 1 fully saturated rings. The molecule has 2 atom stereocenters. The number of rotatable bonds is 5. The number of nitrogens with one attached hydrogen (secondary N) is 1. The molecule has 2 aromatic rings. The van der Waals surface area contributed by atoms with Crippen LogP contribution in [0.4, 0.5) is 18.9 Å². The van der Waals surface area contributed by atoms with E-state index in [0.717, 1.165) is 61.3 Å². The van der Waals surface area contributed by atoms with Crippen molar-refractivity contribution in [3.8, 4) is 5.75 Å². The van der Waals surface area contributed by atoms with E-state index >= 15 is 0 Å². The third-order valence-electron chi connectivity index (χ3n) is 6.83. The first-order valence-corrected chi connectivity index (χ1v) is 13.7. The molecule has 1 N–H and O–H groups in total. The highest BCUT2D eigenvalue weighted by Gasteiger charge is 2.34. The second-order valence-corrected chi connectivity index (χ2v) is 10.9. The number of benzene rings is 2. The molecule has 1 aliphatic carbocycles. The Morgan fingerprint density at radius 2 is 1.72 bits per heavy atom. The van der Waals surface area contributed by atoms with Gasteiger partial charge in [-0.2, -0.15) is 0 Å². The standard InChI is InChI=1S/C27H31F3N2O3S/c1-3-19-12-13-20-8-5-6-11-26(20)32(25(19)4-2)22-10-7-9-21(18-22)31-36(33,34)24-16-14-23(15-17-24)35-27(28,29)30/h3-6,8,11,14-17,21-22,31H,7,9-10,12-13,18H2,1-2H3. The van der Waals surface area contributed by atoms with Crippen LogP contribution in [0.25, 0.3) is 0 Å². The molecule has 5 nitrogen and oxygen atoms in total. The fraction of sp³-hybridized carbons (Fsp3) is 0.407. The molecule has 2 aromatic carbocycles. The molecular formula is C27H31F3N2O3S. The number of hydrogen-bond acceptors (Lipinski definition) is 4. The molecule has 36 heavy (non-hydrogen) atoms. The zero-order valence-electron chi connectivity index (χ0n) is 20.4. The smallest absolute Gasteiger partial charge is 0.406 e. The first-order valence-electron chi connectivity index (χ1n) is 12.2. The lowest BCUT2D eigenvalue weighted by Gasteiger charge is -2.40. The number of halogens is 3. The van der Waals surface area contributed by atoms with Crippen LogP contribution in [0.5, 0.6) is 5.75 Å². The van der Waals surface area contributed by atoms with Gasteiger partial charge < -0.3 is 9.64 Å². The molecule has 2 unspecified atom stereocenters. The summed E-state index contributed by atoms with van der Waals surface area (Å²) >= 11 is 0. The van der Waals surface area contributed by atoms with Crippen molar-refractivity contribution in [3.05, 3.63) is 77.5 Å². The fourth-order valence-corrected chi connectivity index (χ4v) is 6.55. The second-order valence-electron chi connectivity index (χ2n) is 9.14. The Kier molecular flexibility index (Phi) is 7.80. The Bertz CT molecular complexity index is 1240. The second kappa shape index (κ2) is 10.7. The van der Waals surface area contributed by atoms with Crippen LogP contribution in [0, 0.1) is 0 Å². The van der Waals surface area contributed by atoms with Gasteiger partial charge in [0.2, 0.25) is 10.0 Å². The summed E-state index contributed by atoms with van der Waals surface area (Å²) in [6.45, 7) is 4.09. The molecule has 1 heterocycles. The lowest BCUT2D eigenvalue weighted by atomic mass is 9.89. The van der Waals surface area contributed by atoms with Crippen molar-refractivity contribution >= 4 is 15.7 Å². The number of alkyl halides is 3. The van der Waals surface area contributed by atoms with E-state index in [9.17, 15) is 21.6 Å². The average molecular weight is 521 g/mol. The van der Waals surface area contributed by atoms with Crippen molar-refractivity contribution in [1.82, 2.24) is 4.72 Å². The summed E-state index contributed by atoms with van der Waals surface area (Å²) in [5.41, 5.74) is 4.88. The average Bonchev–Trinajstić information content (AvgIpc) is 2.99. The molecular weight excluding hydrogens is 489 g/mol. The van der Waals surface area contributed by atoms with Crippen molar-refractivity contribution in [2.75, 3.05) is 4.90 Å². The van der Waals surface area contributed by atoms with Crippen molar-refractivity contribution in [2.24, 2.45) is 0 Å². The molecule has 0 amide bonds. The SMILES string of the molecule is CC=C1CCc2ccccc2N(C2CCCC(NS(=O)(=O)c3ccc(OC(F)(F)F)cc3)C2)C1=CC. The summed E-state index contributed by atoms with van der Waals surface area (Å²) in [6, 6.07) is 12.5. The lowest BCUT2D eigenvalue weighted by Crippen LogP contribution is -2.46. The monoisotopic (exact) mass is 520 g/mol. The van der Waals surface area contributed by atoms with Gasteiger partial charge in [-0.1, -0.05) is 30.4 Å². The summed E-state index contributed by atoms with van der Waals surface area (Å²) in [7, 11) is -3.91. The van der Waals surface area contributed by atoms with Crippen LogP contribution in [0.3, 0.4) is 0 Å².